The molecule has 4 rings (SSSR count). The fourth-order valence-electron chi connectivity index (χ4n) is 3.11. The van der Waals surface area contributed by atoms with Crippen molar-refractivity contribution in [3.63, 3.8) is 0 Å². The maximum absolute atomic E-state index is 4.75. The van der Waals surface area contributed by atoms with Gasteiger partial charge in [0.2, 0.25) is 0 Å². The predicted octanol–water partition coefficient (Wildman–Crippen LogP) is 3.51. The van der Waals surface area contributed by atoms with Crippen LogP contribution in [0.4, 0.5) is 5.82 Å². The van der Waals surface area contributed by atoms with Crippen molar-refractivity contribution in [1.82, 2.24) is 19.9 Å². The highest BCUT2D eigenvalue weighted by atomic mass is 32.1. The molecule has 0 amide bonds. The van der Waals surface area contributed by atoms with Crippen LogP contribution in [0.5, 0.6) is 0 Å². The lowest BCUT2D eigenvalue weighted by molar-refractivity contribution is 0.226. The number of rotatable bonds is 4. The SMILES string of the molecule is CN1CCC(CNc2nc(-c3ccccn3)nc3sccc23)CC1. The summed E-state index contributed by atoms with van der Waals surface area (Å²) < 4.78 is 0. The van der Waals surface area contributed by atoms with Crippen LogP contribution in [0.15, 0.2) is 35.8 Å². The lowest BCUT2D eigenvalue weighted by atomic mass is 9.97. The highest BCUT2D eigenvalue weighted by Crippen LogP contribution is 2.28. The maximum atomic E-state index is 4.75. The molecule has 0 saturated carbocycles. The topological polar surface area (TPSA) is 53.9 Å². The molecule has 0 unspecified atom stereocenters. The molecule has 4 heterocycles. The first-order valence-electron chi connectivity index (χ1n) is 8.38. The van der Waals surface area contributed by atoms with Crippen molar-refractivity contribution in [3.8, 4) is 11.5 Å². The maximum Gasteiger partial charge on any atom is 0.181 e. The van der Waals surface area contributed by atoms with E-state index in [4.69, 9.17) is 4.98 Å². The molecule has 1 aliphatic heterocycles. The smallest absolute Gasteiger partial charge is 0.181 e. The Bertz CT molecular complexity index is 809. The van der Waals surface area contributed by atoms with E-state index in [1.54, 1.807) is 17.5 Å². The van der Waals surface area contributed by atoms with Crippen molar-refractivity contribution in [2.24, 2.45) is 5.92 Å². The number of pyridine rings is 1. The van der Waals surface area contributed by atoms with Crippen LogP contribution in [-0.2, 0) is 0 Å². The Morgan fingerprint density at radius 1 is 1.21 bits per heavy atom. The molecular weight excluding hydrogens is 318 g/mol. The number of nitrogens with zero attached hydrogens (tertiary/aromatic N) is 4. The van der Waals surface area contributed by atoms with Gasteiger partial charge in [-0.2, -0.15) is 0 Å². The number of hydrogen-bond acceptors (Lipinski definition) is 6. The number of nitrogens with one attached hydrogen (secondary N) is 1. The molecule has 1 fully saturated rings. The van der Waals surface area contributed by atoms with Crippen molar-refractivity contribution in [2.75, 3.05) is 32.0 Å². The highest BCUT2D eigenvalue weighted by molar-refractivity contribution is 7.16. The lowest BCUT2D eigenvalue weighted by Gasteiger charge is -2.29. The van der Waals surface area contributed by atoms with Crippen molar-refractivity contribution < 1.29 is 0 Å². The van der Waals surface area contributed by atoms with Gasteiger partial charge in [-0.05, 0) is 62.5 Å². The van der Waals surface area contributed by atoms with Crippen LogP contribution in [0.3, 0.4) is 0 Å². The zero-order chi connectivity index (χ0) is 16.4. The van der Waals surface area contributed by atoms with E-state index in [1.807, 2.05) is 18.2 Å². The van der Waals surface area contributed by atoms with Crippen LogP contribution in [0, 0.1) is 5.92 Å². The molecule has 0 radical (unpaired) electrons. The fourth-order valence-corrected chi connectivity index (χ4v) is 3.87. The molecular formula is C18H21N5S. The Balaban J connectivity index is 1.58. The molecule has 0 aromatic carbocycles. The first kappa shape index (κ1) is 15.5. The Labute approximate surface area is 145 Å². The molecule has 24 heavy (non-hydrogen) atoms. The second-order valence-electron chi connectivity index (χ2n) is 6.38. The van der Waals surface area contributed by atoms with Gasteiger partial charge < -0.3 is 10.2 Å². The second kappa shape index (κ2) is 6.83. The van der Waals surface area contributed by atoms with E-state index < -0.39 is 0 Å². The number of thiophene rings is 1. The second-order valence-corrected chi connectivity index (χ2v) is 7.27. The molecule has 1 N–H and O–H groups in total. The van der Waals surface area contributed by atoms with Gasteiger partial charge >= 0.3 is 0 Å². The number of hydrogen-bond donors (Lipinski definition) is 1. The van der Waals surface area contributed by atoms with Gasteiger partial charge in [0.25, 0.3) is 0 Å². The third-order valence-corrected chi connectivity index (χ3v) is 5.42. The van der Waals surface area contributed by atoms with E-state index in [1.165, 1.54) is 25.9 Å². The van der Waals surface area contributed by atoms with Gasteiger partial charge in [-0.1, -0.05) is 6.07 Å². The summed E-state index contributed by atoms with van der Waals surface area (Å²) in [4.78, 5) is 17.2. The molecule has 3 aromatic rings. The monoisotopic (exact) mass is 339 g/mol. The Morgan fingerprint density at radius 3 is 2.88 bits per heavy atom. The molecule has 124 valence electrons. The Morgan fingerprint density at radius 2 is 2.08 bits per heavy atom. The quantitative estimate of drug-likeness (QED) is 0.788. The summed E-state index contributed by atoms with van der Waals surface area (Å²) in [5, 5.41) is 6.75. The van der Waals surface area contributed by atoms with Gasteiger partial charge in [0.1, 0.15) is 16.3 Å². The van der Waals surface area contributed by atoms with E-state index in [0.29, 0.717) is 11.7 Å². The van der Waals surface area contributed by atoms with E-state index in [0.717, 1.165) is 28.3 Å². The normalized spacial score (nSPS) is 16.5. The summed E-state index contributed by atoms with van der Waals surface area (Å²) in [6.45, 7) is 3.34. The Kier molecular flexibility index (Phi) is 4.40. The minimum absolute atomic E-state index is 0.691. The van der Waals surface area contributed by atoms with E-state index in [9.17, 15) is 0 Å². The van der Waals surface area contributed by atoms with Crippen LogP contribution in [0.1, 0.15) is 12.8 Å². The Hall–Kier alpha value is -2.05. The van der Waals surface area contributed by atoms with E-state index in [-0.39, 0.29) is 0 Å². The average molecular weight is 339 g/mol. The van der Waals surface area contributed by atoms with Crippen molar-refractivity contribution in [3.05, 3.63) is 35.8 Å². The highest BCUT2D eigenvalue weighted by Gasteiger charge is 2.17. The van der Waals surface area contributed by atoms with Crippen molar-refractivity contribution in [2.45, 2.75) is 12.8 Å². The minimum atomic E-state index is 0.691. The van der Waals surface area contributed by atoms with Gasteiger partial charge in [0.15, 0.2) is 5.82 Å². The number of fused-ring (bicyclic) bond motifs is 1. The fraction of sp³-hybridized carbons (Fsp3) is 0.389. The summed E-state index contributed by atoms with van der Waals surface area (Å²) in [7, 11) is 2.20. The van der Waals surface area contributed by atoms with Gasteiger partial charge in [0.05, 0.1) is 5.39 Å². The lowest BCUT2D eigenvalue weighted by Crippen LogP contribution is -2.33. The largest absolute Gasteiger partial charge is 0.369 e. The molecule has 0 atom stereocenters. The van der Waals surface area contributed by atoms with Crippen molar-refractivity contribution in [1.29, 1.82) is 0 Å². The van der Waals surface area contributed by atoms with Crippen LogP contribution >= 0.6 is 11.3 Å². The molecule has 5 nitrogen and oxygen atoms in total. The van der Waals surface area contributed by atoms with Crippen LogP contribution in [-0.4, -0.2) is 46.5 Å². The molecule has 6 heteroatoms. The van der Waals surface area contributed by atoms with Crippen LogP contribution < -0.4 is 5.32 Å². The third kappa shape index (κ3) is 3.25. The van der Waals surface area contributed by atoms with Gasteiger partial charge in [0, 0.05) is 12.7 Å². The molecule has 0 spiro atoms. The molecule has 0 aliphatic carbocycles. The zero-order valence-electron chi connectivity index (χ0n) is 13.8. The number of anilines is 1. The van der Waals surface area contributed by atoms with Gasteiger partial charge in [-0.15, -0.1) is 11.3 Å². The summed E-state index contributed by atoms with van der Waals surface area (Å²) >= 11 is 1.65. The number of piperidine rings is 1. The first-order valence-corrected chi connectivity index (χ1v) is 9.26. The van der Waals surface area contributed by atoms with Gasteiger partial charge in [-0.3, -0.25) is 4.98 Å². The van der Waals surface area contributed by atoms with Gasteiger partial charge in [-0.25, -0.2) is 9.97 Å². The summed E-state index contributed by atoms with van der Waals surface area (Å²) in [6.07, 6.45) is 4.27. The number of likely N-dealkylation sites (tertiary alicyclic amines) is 1. The summed E-state index contributed by atoms with van der Waals surface area (Å²) in [5.41, 5.74) is 0.815. The minimum Gasteiger partial charge on any atom is -0.369 e. The standard InChI is InChI=1S/C18H21N5S/c1-23-9-5-13(6-10-23)12-20-16-14-7-11-24-18(14)22-17(21-16)15-4-2-3-8-19-15/h2-4,7-8,11,13H,5-6,9-10,12H2,1H3,(H,20,21,22). The molecule has 3 aromatic heterocycles. The summed E-state index contributed by atoms with van der Waals surface area (Å²) in [6, 6.07) is 7.93. The third-order valence-electron chi connectivity index (χ3n) is 4.62. The van der Waals surface area contributed by atoms with Crippen molar-refractivity contribution >= 4 is 27.4 Å². The number of aromatic nitrogens is 3. The molecule has 0 bridgehead atoms. The average Bonchev–Trinajstić information content (AvgIpc) is 3.10. The molecule has 1 saturated heterocycles. The van der Waals surface area contributed by atoms with Crippen LogP contribution in [0.2, 0.25) is 0 Å². The van der Waals surface area contributed by atoms with E-state index in [2.05, 4.69) is 38.7 Å². The van der Waals surface area contributed by atoms with Crippen LogP contribution in [0.25, 0.3) is 21.7 Å². The first-order chi connectivity index (χ1) is 11.8. The molecule has 1 aliphatic rings. The zero-order valence-corrected chi connectivity index (χ0v) is 14.6. The summed E-state index contributed by atoms with van der Waals surface area (Å²) in [5.74, 6) is 2.33. The predicted molar refractivity (Wildman–Crippen MR) is 99.4 cm³/mol. The van der Waals surface area contributed by atoms with E-state index >= 15 is 0 Å².